The normalized spacial score (nSPS) is 11.1. The number of nitrogens with two attached hydrogens (primary N) is 1. The number of hydrogen-bond donors (Lipinski definition) is 2. The molecule has 1 aromatic heterocycles. The van der Waals surface area contributed by atoms with Crippen LogP contribution in [0.2, 0.25) is 0 Å². The van der Waals surface area contributed by atoms with Gasteiger partial charge in [0.2, 0.25) is 5.91 Å². The lowest BCUT2D eigenvalue weighted by molar-refractivity contribution is -0.118. The molecule has 2 aromatic carbocycles. The number of fused-ring (bicyclic) bond motifs is 1. The third-order valence-electron chi connectivity index (χ3n) is 3.59. The molecule has 3 rings (SSSR count). The summed E-state index contributed by atoms with van der Waals surface area (Å²) in [6.07, 6.45) is 4.09. The van der Waals surface area contributed by atoms with Crippen LogP contribution in [-0.4, -0.2) is 16.7 Å². The summed E-state index contributed by atoms with van der Waals surface area (Å²) in [6, 6.07) is 17.8. The zero-order valence-corrected chi connectivity index (χ0v) is 12.6. The monoisotopic (exact) mass is 306 g/mol. The van der Waals surface area contributed by atoms with Gasteiger partial charge in [-0.25, -0.2) is 0 Å². The molecule has 1 heterocycles. The quantitative estimate of drug-likeness (QED) is 0.543. The molecular formula is C18H18N4O. The lowest BCUT2D eigenvalue weighted by Gasteiger charge is -2.02. The molecular weight excluding hydrogens is 288 g/mol. The molecule has 5 nitrogen and oxygen atoms in total. The van der Waals surface area contributed by atoms with E-state index in [1.54, 1.807) is 6.21 Å². The van der Waals surface area contributed by atoms with Crippen LogP contribution in [0.1, 0.15) is 12.0 Å². The predicted octanol–water partition coefficient (Wildman–Crippen LogP) is 2.96. The van der Waals surface area contributed by atoms with E-state index in [2.05, 4.69) is 10.5 Å². The average Bonchev–Trinajstić information content (AvgIpc) is 2.92. The summed E-state index contributed by atoms with van der Waals surface area (Å²) < 4.78 is 2.03. The fraction of sp³-hybridized carbons (Fsp3) is 0.111. The molecule has 23 heavy (non-hydrogen) atoms. The first-order chi connectivity index (χ1) is 11.2. The van der Waals surface area contributed by atoms with Gasteiger partial charge in [0.05, 0.1) is 11.9 Å². The van der Waals surface area contributed by atoms with Gasteiger partial charge >= 0.3 is 0 Å². The summed E-state index contributed by atoms with van der Waals surface area (Å²) in [6.45, 7) is 0.565. The third-order valence-corrected chi connectivity index (χ3v) is 3.59. The Morgan fingerprint density at radius 1 is 1.13 bits per heavy atom. The summed E-state index contributed by atoms with van der Waals surface area (Å²) in [5.41, 5.74) is 11.2. The minimum atomic E-state index is -0.302. The van der Waals surface area contributed by atoms with Gasteiger partial charge in [-0.05, 0) is 18.2 Å². The maximum absolute atomic E-state index is 11.0. The highest BCUT2D eigenvalue weighted by Gasteiger charge is 2.07. The number of primary amides is 1. The molecule has 0 fully saturated rings. The van der Waals surface area contributed by atoms with Crippen LogP contribution in [0.4, 0.5) is 5.69 Å². The van der Waals surface area contributed by atoms with Crippen LogP contribution in [0, 0.1) is 0 Å². The van der Waals surface area contributed by atoms with Crippen LogP contribution in [0.25, 0.3) is 10.9 Å². The number of rotatable bonds is 6. The molecule has 0 aliphatic carbocycles. The molecule has 0 spiro atoms. The molecule has 116 valence electrons. The highest BCUT2D eigenvalue weighted by atomic mass is 16.1. The maximum atomic E-state index is 11.0. The number of amides is 1. The Morgan fingerprint density at radius 2 is 1.87 bits per heavy atom. The smallest absolute Gasteiger partial charge is 0.219 e. The first-order valence-corrected chi connectivity index (χ1v) is 7.44. The topological polar surface area (TPSA) is 72.4 Å². The van der Waals surface area contributed by atoms with E-state index < -0.39 is 0 Å². The van der Waals surface area contributed by atoms with Gasteiger partial charge < -0.3 is 10.3 Å². The first-order valence-electron chi connectivity index (χ1n) is 7.44. The fourth-order valence-corrected chi connectivity index (χ4v) is 2.48. The van der Waals surface area contributed by atoms with Gasteiger partial charge in [0.1, 0.15) is 0 Å². The molecule has 0 saturated carbocycles. The van der Waals surface area contributed by atoms with Crippen molar-refractivity contribution < 1.29 is 4.79 Å². The Hall–Kier alpha value is -3.08. The van der Waals surface area contributed by atoms with E-state index in [-0.39, 0.29) is 5.91 Å². The largest absolute Gasteiger partial charge is 0.370 e. The second kappa shape index (κ2) is 6.79. The van der Waals surface area contributed by atoms with Crippen LogP contribution in [-0.2, 0) is 11.3 Å². The Kier molecular flexibility index (Phi) is 4.38. The van der Waals surface area contributed by atoms with E-state index >= 15 is 0 Å². The van der Waals surface area contributed by atoms with Gasteiger partial charge in [0.15, 0.2) is 0 Å². The number of aromatic nitrogens is 1. The van der Waals surface area contributed by atoms with Crippen molar-refractivity contribution in [1.82, 2.24) is 4.57 Å². The number of carbonyl (C=O) groups is 1. The highest BCUT2D eigenvalue weighted by molar-refractivity contribution is 5.99. The van der Waals surface area contributed by atoms with Gasteiger partial charge in [-0.3, -0.25) is 10.2 Å². The average molecular weight is 306 g/mol. The summed E-state index contributed by atoms with van der Waals surface area (Å²) in [7, 11) is 0. The maximum Gasteiger partial charge on any atom is 0.219 e. The first kappa shape index (κ1) is 14.8. The summed E-state index contributed by atoms with van der Waals surface area (Å²) in [4.78, 5) is 11.0. The van der Waals surface area contributed by atoms with Crippen LogP contribution < -0.4 is 11.2 Å². The molecule has 0 bridgehead atoms. The van der Waals surface area contributed by atoms with Gasteiger partial charge in [-0.15, -0.1) is 0 Å². The van der Waals surface area contributed by atoms with Crippen molar-refractivity contribution in [2.75, 3.05) is 5.43 Å². The van der Waals surface area contributed by atoms with Crippen molar-refractivity contribution in [2.24, 2.45) is 10.8 Å². The van der Waals surface area contributed by atoms with Crippen molar-refractivity contribution in [1.29, 1.82) is 0 Å². The minimum Gasteiger partial charge on any atom is -0.370 e. The molecule has 0 atom stereocenters. The number of benzene rings is 2. The summed E-state index contributed by atoms with van der Waals surface area (Å²) in [5.74, 6) is -0.302. The summed E-state index contributed by atoms with van der Waals surface area (Å²) in [5, 5.41) is 5.38. The van der Waals surface area contributed by atoms with Gasteiger partial charge in [-0.1, -0.05) is 36.4 Å². The predicted molar refractivity (Wildman–Crippen MR) is 93.4 cm³/mol. The number of nitrogens with one attached hydrogen (secondary N) is 1. The number of aryl methyl sites for hydroxylation is 1. The molecule has 1 amide bonds. The Labute approximate surface area is 134 Å². The molecule has 0 saturated heterocycles. The van der Waals surface area contributed by atoms with Crippen LogP contribution in [0.15, 0.2) is 65.9 Å². The van der Waals surface area contributed by atoms with Crippen molar-refractivity contribution in [3.8, 4) is 0 Å². The van der Waals surface area contributed by atoms with E-state index in [4.69, 9.17) is 5.73 Å². The molecule has 0 aliphatic heterocycles. The van der Waals surface area contributed by atoms with E-state index in [0.717, 1.165) is 22.2 Å². The zero-order valence-electron chi connectivity index (χ0n) is 12.6. The van der Waals surface area contributed by atoms with Crippen LogP contribution >= 0.6 is 0 Å². The standard InChI is InChI=1S/C18H18N4O/c19-18(23)10-11-22-13-14(16-8-4-5-9-17(16)22)12-20-21-15-6-2-1-3-7-15/h1-9,12-13,21H,10-11H2,(H2,19,23)/b20-12-. The second-order valence-electron chi connectivity index (χ2n) is 5.25. The number of hydrazone groups is 1. The van der Waals surface area contributed by atoms with E-state index in [1.165, 1.54) is 0 Å². The van der Waals surface area contributed by atoms with Gasteiger partial charge in [0, 0.05) is 35.6 Å². The SMILES string of the molecule is NC(=O)CCn1cc(/C=N\Nc2ccccc2)c2ccccc21. The second-order valence-corrected chi connectivity index (χ2v) is 5.25. The molecule has 5 heteroatoms. The Bertz CT molecular complexity index is 837. The minimum absolute atomic E-state index is 0.302. The number of para-hydroxylation sites is 2. The number of nitrogens with zero attached hydrogens (tertiary/aromatic N) is 2. The highest BCUT2D eigenvalue weighted by Crippen LogP contribution is 2.20. The van der Waals surface area contributed by atoms with E-state index in [1.807, 2.05) is 65.4 Å². The van der Waals surface area contributed by atoms with Crippen molar-refractivity contribution >= 4 is 28.7 Å². The number of anilines is 1. The Balaban J connectivity index is 1.84. The van der Waals surface area contributed by atoms with Gasteiger partial charge in [-0.2, -0.15) is 5.10 Å². The number of carbonyl (C=O) groups excluding carboxylic acids is 1. The third kappa shape index (κ3) is 3.58. The molecule has 0 unspecified atom stereocenters. The molecule has 0 radical (unpaired) electrons. The van der Waals surface area contributed by atoms with Crippen LogP contribution in [0.5, 0.6) is 0 Å². The lowest BCUT2D eigenvalue weighted by Crippen LogP contribution is -2.13. The zero-order chi connectivity index (χ0) is 16.1. The fourth-order valence-electron chi connectivity index (χ4n) is 2.48. The molecule has 3 aromatic rings. The molecule has 0 aliphatic rings. The number of hydrogen-bond acceptors (Lipinski definition) is 3. The Morgan fingerprint density at radius 3 is 2.65 bits per heavy atom. The van der Waals surface area contributed by atoms with Crippen molar-refractivity contribution in [3.63, 3.8) is 0 Å². The molecule has 3 N–H and O–H groups in total. The lowest BCUT2D eigenvalue weighted by atomic mass is 10.2. The van der Waals surface area contributed by atoms with Crippen molar-refractivity contribution in [2.45, 2.75) is 13.0 Å². The van der Waals surface area contributed by atoms with Crippen LogP contribution in [0.3, 0.4) is 0 Å². The van der Waals surface area contributed by atoms with Crippen molar-refractivity contribution in [3.05, 3.63) is 66.4 Å². The summed E-state index contributed by atoms with van der Waals surface area (Å²) >= 11 is 0. The van der Waals surface area contributed by atoms with Gasteiger partial charge in [0.25, 0.3) is 0 Å². The van der Waals surface area contributed by atoms with E-state index in [9.17, 15) is 4.79 Å². The van der Waals surface area contributed by atoms with E-state index in [0.29, 0.717) is 13.0 Å².